The Labute approximate surface area is 161 Å². The topological polar surface area (TPSA) is 97.9 Å². The lowest BCUT2D eigenvalue weighted by Gasteiger charge is -2.31. The smallest absolute Gasteiger partial charge is 0.342 e. The van der Waals surface area contributed by atoms with E-state index in [2.05, 4.69) is 15.2 Å². The number of rotatable bonds is 5. The van der Waals surface area contributed by atoms with Crippen LogP contribution in [-0.4, -0.2) is 61.0 Å². The number of amides is 1. The summed E-state index contributed by atoms with van der Waals surface area (Å²) in [7, 11) is 1.64. The zero-order chi connectivity index (χ0) is 19.7. The molecule has 4 heterocycles. The average molecular weight is 383 g/mol. The highest BCUT2D eigenvalue weighted by atomic mass is 16.5. The number of hydrogen-bond acceptors (Lipinski definition) is 7. The van der Waals surface area contributed by atoms with Crippen molar-refractivity contribution in [3.05, 3.63) is 42.1 Å². The maximum atomic E-state index is 13.6. The van der Waals surface area contributed by atoms with Gasteiger partial charge >= 0.3 is 5.97 Å². The Morgan fingerprint density at radius 1 is 1.21 bits per heavy atom. The number of nitrogens with zero attached hydrogens (tertiary/aromatic N) is 7. The number of hydrazine groups is 1. The Hall–Kier alpha value is -3.27. The molecule has 0 unspecified atom stereocenters. The largest absolute Gasteiger partial charge is 0.462 e. The molecule has 1 amide bonds. The summed E-state index contributed by atoms with van der Waals surface area (Å²) in [5.74, 6) is -0.906. The van der Waals surface area contributed by atoms with Gasteiger partial charge in [0.25, 0.3) is 5.91 Å². The van der Waals surface area contributed by atoms with Gasteiger partial charge in [-0.3, -0.25) is 9.48 Å². The Bertz CT molecular complexity index is 1020. The molecule has 1 aliphatic rings. The van der Waals surface area contributed by atoms with Crippen LogP contribution in [0.4, 0.5) is 5.69 Å². The Morgan fingerprint density at radius 2 is 2.00 bits per heavy atom. The van der Waals surface area contributed by atoms with Crippen LogP contribution in [0.25, 0.3) is 5.65 Å². The van der Waals surface area contributed by atoms with Gasteiger partial charge < -0.3 is 4.74 Å². The molecule has 1 fully saturated rings. The van der Waals surface area contributed by atoms with Gasteiger partial charge in [0.15, 0.2) is 5.65 Å². The third-order valence-corrected chi connectivity index (χ3v) is 4.70. The van der Waals surface area contributed by atoms with Crippen LogP contribution < -0.4 is 5.01 Å². The quantitative estimate of drug-likeness (QED) is 0.613. The van der Waals surface area contributed by atoms with E-state index in [9.17, 15) is 9.59 Å². The van der Waals surface area contributed by atoms with Crippen molar-refractivity contribution < 1.29 is 14.3 Å². The molecule has 0 radical (unpaired) electrons. The molecular weight excluding hydrogens is 362 g/mol. The first kappa shape index (κ1) is 18.1. The van der Waals surface area contributed by atoms with Crippen molar-refractivity contribution in [1.82, 2.24) is 29.4 Å². The van der Waals surface area contributed by atoms with Gasteiger partial charge in [-0.25, -0.2) is 24.3 Å². The van der Waals surface area contributed by atoms with Crippen LogP contribution in [0.15, 0.2) is 30.9 Å². The number of fused-ring (bicyclic) bond motifs is 1. The van der Waals surface area contributed by atoms with Gasteiger partial charge in [-0.2, -0.15) is 10.2 Å². The number of anilines is 1. The van der Waals surface area contributed by atoms with Crippen molar-refractivity contribution in [2.45, 2.75) is 19.8 Å². The molecule has 3 aromatic heterocycles. The van der Waals surface area contributed by atoms with E-state index in [4.69, 9.17) is 4.74 Å². The lowest BCUT2D eigenvalue weighted by Crippen LogP contribution is -2.46. The molecule has 0 aromatic carbocycles. The zero-order valence-corrected chi connectivity index (χ0v) is 15.8. The van der Waals surface area contributed by atoms with E-state index < -0.39 is 5.97 Å². The minimum absolute atomic E-state index is 0.153. The minimum Gasteiger partial charge on any atom is -0.462 e. The molecule has 0 spiro atoms. The first-order valence-corrected chi connectivity index (χ1v) is 9.18. The second-order valence-corrected chi connectivity index (χ2v) is 6.48. The predicted octanol–water partition coefficient (Wildman–Crippen LogP) is 1.30. The number of aryl methyl sites for hydroxylation is 1. The van der Waals surface area contributed by atoms with Crippen molar-refractivity contribution in [1.29, 1.82) is 0 Å². The van der Waals surface area contributed by atoms with Crippen molar-refractivity contribution in [2.24, 2.45) is 7.05 Å². The average Bonchev–Trinajstić information content (AvgIpc) is 3.42. The lowest BCUT2D eigenvalue weighted by atomic mass is 10.2. The van der Waals surface area contributed by atoms with Crippen LogP contribution >= 0.6 is 0 Å². The summed E-state index contributed by atoms with van der Waals surface area (Å²) in [6.45, 7) is 3.43. The fourth-order valence-corrected chi connectivity index (χ4v) is 3.39. The zero-order valence-electron chi connectivity index (χ0n) is 15.8. The van der Waals surface area contributed by atoms with E-state index in [0.29, 0.717) is 11.3 Å². The van der Waals surface area contributed by atoms with Gasteiger partial charge in [0, 0.05) is 20.1 Å². The van der Waals surface area contributed by atoms with Crippen LogP contribution in [0.5, 0.6) is 0 Å². The van der Waals surface area contributed by atoms with E-state index in [0.717, 1.165) is 25.9 Å². The standard InChI is InChI=1S/C18H21N7O3/c1-3-28-18(27)14-10-20-22(2)16(14)17(26)25(23-8-4-5-9-23)13-6-7-15-19-12-21-24(15)11-13/h6-7,10-12H,3-5,8-9H2,1-2H3. The number of pyridine rings is 1. The van der Waals surface area contributed by atoms with Crippen molar-refractivity contribution in [3.63, 3.8) is 0 Å². The van der Waals surface area contributed by atoms with E-state index in [1.807, 2.05) is 11.1 Å². The Balaban J connectivity index is 1.78. The molecule has 10 nitrogen and oxygen atoms in total. The number of carbonyl (C=O) groups excluding carboxylic acids is 2. The summed E-state index contributed by atoms with van der Waals surface area (Å²) < 4.78 is 8.11. The second-order valence-electron chi connectivity index (χ2n) is 6.48. The monoisotopic (exact) mass is 383 g/mol. The highest BCUT2D eigenvalue weighted by Gasteiger charge is 2.32. The lowest BCUT2D eigenvalue weighted by molar-refractivity contribution is 0.0522. The fraction of sp³-hybridized carbons (Fsp3) is 0.389. The molecular formula is C18H21N7O3. The minimum atomic E-state index is -0.563. The molecule has 0 N–H and O–H groups in total. The highest BCUT2D eigenvalue weighted by Crippen LogP contribution is 2.24. The van der Waals surface area contributed by atoms with Gasteiger partial charge in [-0.15, -0.1) is 0 Å². The van der Waals surface area contributed by atoms with Gasteiger partial charge in [0.1, 0.15) is 17.6 Å². The van der Waals surface area contributed by atoms with E-state index >= 15 is 0 Å². The molecule has 1 aliphatic heterocycles. The third kappa shape index (κ3) is 3.11. The SMILES string of the molecule is CCOC(=O)c1cnn(C)c1C(=O)N(c1ccc2ncnn2c1)N1CCCC1. The number of carbonyl (C=O) groups is 2. The summed E-state index contributed by atoms with van der Waals surface area (Å²) in [6, 6.07) is 3.62. The van der Waals surface area contributed by atoms with Crippen LogP contribution in [-0.2, 0) is 11.8 Å². The molecule has 0 atom stereocenters. The summed E-state index contributed by atoms with van der Waals surface area (Å²) in [5.41, 5.74) is 1.66. The highest BCUT2D eigenvalue weighted by molar-refractivity contribution is 6.10. The van der Waals surface area contributed by atoms with E-state index in [1.165, 1.54) is 17.2 Å². The normalized spacial score (nSPS) is 14.5. The van der Waals surface area contributed by atoms with Gasteiger partial charge in [0.05, 0.1) is 24.7 Å². The number of ether oxygens (including phenoxy) is 1. The molecule has 3 aromatic rings. The van der Waals surface area contributed by atoms with E-state index in [1.54, 1.807) is 35.8 Å². The first-order chi connectivity index (χ1) is 13.6. The maximum absolute atomic E-state index is 13.6. The third-order valence-electron chi connectivity index (χ3n) is 4.70. The Kier molecular flexibility index (Phi) is 4.78. The molecule has 0 saturated carbocycles. The van der Waals surface area contributed by atoms with Crippen LogP contribution in [0.3, 0.4) is 0 Å². The second kappa shape index (κ2) is 7.39. The van der Waals surface area contributed by atoms with Crippen LogP contribution in [0, 0.1) is 0 Å². The molecule has 1 saturated heterocycles. The molecule has 28 heavy (non-hydrogen) atoms. The Morgan fingerprint density at radius 3 is 2.75 bits per heavy atom. The van der Waals surface area contributed by atoms with Gasteiger partial charge in [0.2, 0.25) is 0 Å². The summed E-state index contributed by atoms with van der Waals surface area (Å²) in [4.78, 5) is 30.1. The van der Waals surface area contributed by atoms with Crippen molar-refractivity contribution in [3.8, 4) is 0 Å². The van der Waals surface area contributed by atoms with Gasteiger partial charge in [-0.1, -0.05) is 0 Å². The molecule has 146 valence electrons. The predicted molar refractivity (Wildman–Crippen MR) is 99.8 cm³/mol. The molecule has 0 aliphatic carbocycles. The van der Waals surface area contributed by atoms with Crippen LogP contribution in [0.2, 0.25) is 0 Å². The van der Waals surface area contributed by atoms with Crippen molar-refractivity contribution >= 4 is 23.2 Å². The summed E-state index contributed by atoms with van der Waals surface area (Å²) in [5, 5.41) is 11.8. The molecule has 4 rings (SSSR count). The molecule has 0 bridgehead atoms. The number of esters is 1. The molecule has 10 heteroatoms. The summed E-state index contributed by atoms with van der Waals surface area (Å²) >= 11 is 0. The number of hydrogen-bond donors (Lipinski definition) is 0. The fourth-order valence-electron chi connectivity index (χ4n) is 3.39. The van der Waals surface area contributed by atoms with Crippen LogP contribution in [0.1, 0.15) is 40.6 Å². The van der Waals surface area contributed by atoms with E-state index in [-0.39, 0.29) is 23.8 Å². The first-order valence-electron chi connectivity index (χ1n) is 9.18. The summed E-state index contributed by atoms with van der Waals surface area (Å²) in [6.07, 6.45) is 6.56. The van der Waals surface area contributed by atoms with Crippen molar-refractivity contribution in [2.75, 3.05) is 24.7 Å². The number of aromatic nitrogens is 5. The maximum Gasteiger partial charge on any atom is 0.342 e. The van der Waals surface area contributed by atoms with Gasteiger partial charge in [-0.05, 0) is 31.9 Å².